The largest absolute Gasteiger partial charge is 0.522 e. The number of rotatable bonds is 7. The molecule has 3 heterocycles. The van der Waals surface area contributed by atoms with Crippen molar-refractivity contribution in [1.29, 1.82) is 0 Å². The Morgan fingerprint density at radius 3 is 2.78 bits per heavy atom. The van der Waals surface area contributed by atoms with E-state index in [1.54, 1.807) is 13.0 Å². The van der Waals surface area contributed by atoms with Crippen LogP contribution in [0, 0.1) is 12.8 Å². The Balaban J connectivity index is 1.11. The Hall–Kier alpha value is -3.42. The van der Waals surface area contributed by atoms with E-state index in [0.717, 1.165) is 19.3 Å². The van der Waals surface area contributed by atoms with Gasteiger partial charge in [-0.25, -0.2) is 19.2 Å². The van der Waals surface area contributed by atoms with Gasteiger partial charge in [0.05, 0.1) is 12.3 Å². The van der Waals surface area contributed by atoms with Crippen LogP contribution in [0.3, 0.4) is 0 Å². The third kappa shape index (κ3) is 4.58. The van der Waals surface area contributed by atoms with E-state index >= 15 is 4.39 Å². The highest BCUT2D eigenvalue weighted by Crippen LogP contribution is 2.57. The summed E-state index contributed by atoms with van der Waals surface area (Å²) in [5.41, 5.74) is 1.54. The van der Waals surface area contributed by atoms with E-state index in [2.05, 4.69) is 35.5 Å². The van der Waals surface area contributed by atoms with E-state index in [4.69, 9.17) is 4.74 Å². The highest BCUT2D eigenvalue weighted by Gasteiger charge is 2.58. The molecular weight excluding hydrogens is 498 g/mol. The van der Waals surface area contributed by atoms with Crippen LogP contribution in [0.25, 0.3) is 5.65 Å². The number of nitrogens with one attached hydrogen (secondary N) is 3. The van der Waals surface area contributed by atoms with E-state index < -0.39 is 37.3 Å². The summed E-state index contributed by atoms with van der Waals surface area (Å²) in [6.45, 7) is 0.994. The van der Waals surface area contributed by atoms with Gasteiger partial charge in [0, 0.05) is 41.2 Å². The van der Waals surface area contributed by atoms with Crippen LogP contribution >= 0.6 is 0 Å². The van der Waals surface area contributed by atoms with Crippen molar-refractivity contribution in [3.05, 3.63) is 35.4 Å². The van der Waals surface area contributed by atoms with Gasteiger partial charge in [-0.2, -0.15) is 5.10 Å². The van der Waals surface area contributed by atoms with Crippen molar-refractivity contribution in [3.8, 4) is 0 Å². The zero-order valence-electron chi connectivity index (χ0n) is 19.8. The lowest BCUT2D eigenvalue weighted by Crippen LogP contribution is -2.68. The zero-order chi connectivity index (χ0) is 25.9. The maximum absolute atomic E-state index is 15.2. The topological polar surface area (TPSA) is 118 Å². The molecule has 14 heteroatoms. The number of aromatic nitrogens is 5. The van der Waals surface area contributed by atoms with Gasteiger partial charge in [0.2, 0.25) is 5.95 Å². The predicted molar refractivity (Wildman–Crippen MR) is 121 cm³/mol. The lowest BCUT2D eigenvalue weighted by atomic mass is 9.50. The number of ether oxygens (including phenoxy) is 2. The number of alkyl halides is 4. The highest BCUT2D eigenvalue weighted by atomic mass is 19.4. The van der Waals surface area contributed by atoms with Gasteiger partial charge in [-0.05, 0) is 44.9 Å². The predicted octanol–water partition coefficient (Wildman–Crippen LogP) is 4.40. The number of halogens is 4. The van der Waals surface area contributed by atoms with Crippen molar-refractivity contribution < 1.29 is 31.8 Å². The minimum atomic E-state index is -4.77. The average molecular weight is 523 g/mol. The maximum atomic E-state index is 15.2. The van der Waals surface area contributed by atoms with Gasteiger partial charge in [0.25, 0.3) is 0 Å². The fourth-order valence-electron chi connectivity index (χ4n) is 5.56. The summed E-state index contributed by atoms with van der Waals surface area (Å²) in [7, 11) is 0. The van der Waals surface area contributed by atoms with Crippen LogP contribution in [0.4, 0.5) is 34.1 Å². The molecule has 4 fully saturated rings. The van der Waals surface area contributed by atoms with Gasteiger partial charge in [-0.1, -0.05) is 0 Å². The van der Waals surface area contributed by atoms with Gasteiger partial charge in [-0.3, -0.25) is 14.2 Å². The van der Waals surface area contributed by atoms with Crippen molar-refractivity contribution in [2.24, 2.45) is 5.92 Å². The van der Waals surface area contributed by atoms with Crippen molar-refractivity contribution in [2.45, 2.75) is 75.7 Å². The lowest BCUT2D eigenvalue weighted by molar-refractivity contribution is -0.330. The molecule has 198 valence electrons. The summed E-state index contributed by atoms with van der Waals surface area (Å²) in [5.74, 6) is 0.784. The van der Waals surface area contributed by atoms with Crippen LogP contribution in [0.1, 0.15) is 55.0 Å². The monoisotopic (exact) mass is 523 g/mol. The Morgan fingerprint density at radius 1 is 1.30 bits per heavy atom. The number of imidazole rings is 1. The van der Waals surface area contributed by atoms with Crippen LogP contribution in [0.5, 0.6) is 0 Å². The molecule has 3 atom stereocenters. The van der Waals surface area contributed by atoms with E-state index in [1.165, 1.54) is 16.8 Å². The molecule has 0 saturated heterocycles. The maximum Gasteiger partial charge on any atom is 0.522 e. The van der Waals surface area contributed by atoms with E-state index in [9.17, 15) is 18.0 Å². The molecule has 4 aliphatic carbocycles. The number of amides is 1. The second-order valence-corrected chi connectivity index (χ2v) is 10.2. The molecule has 7 rings (SSSR count). The Morgan fingerprint density at radius 2 is 2.08 bits per heavy atom. The van der Waals surface area contributed by atoms with Gasteiger partial charge in [0.15, 0.2) is 5.82 Å². The van der Waals surface area contributed by atoms with Crippen molar-refractivity contribution >= 4 is 23.5 Å². The number of carbonyl (C=O) groups is 1. The number of anilines is 2. The molecule has 2 bridgehead atoms. The molecule has 0 aromatic carbocycles. The molecule has 37 heavy (non-hydrogen) atoms. The fraction of sp³-hybridized carbons (Fsp3) is 0.565. The van der Waals surface area contributed by atoms with Crippen LogP contribution < -0.4 is 10.6 Å². The number of alkyl carbamates (subject to hydrolysis) is 1. The van der Waals surface area contributed by atoms with E-state index in [1.807, 2.05) is 0 Å². The molecular formula is C23H25F4N7O3. The molecule has 0 spiro atoms. The number of hydrogen-bond donors (Lipinski definition) is 3. The Labute approximate surface area is 208 Å². The third-order valence-corrected chi connectivity index (χ3v) is 7.50. The van der Waals surface area contributed by atoms with E-state index in [0.29, 0.717) is 41.5 Å². The number of hydrogen-bond acceptors (Lipinski definition) is 7. The van der Waals surface area contributed by atoms with Crippen molar-refractivity contribution in [2.75, 3.05) is 5.32 Å². The van der Waals surface area contributed by atoms with Crippen molar-refractivity contribution in [1.82, 2.24) is 29.9 Å². The third-order valence-electron chi connectivity index (χ3n) is 7.50. The first-order valence-electron chi connectivity index (χ1n) is 12.1. The quantitative estimate of drug-likeness (QED) is 0.393. The number of carbonyl (C=O) groups excluding carboxylic acids is 1. The highest BCUT2D eigenvalue weighted by molar-refractivity contribution is 5.69. The first-order chi connectivity index (χ1) is 17.6. The number of nitrogens with zero attached hydrogens (tertiary/aromatic N) is 4. The minimum absolute atomic E-state index is 0.0783. The number of aromatic amines is 1. The molecule has 0 aliphatic heterocycles. The molecule has 1 amide bonds. The Bertz CT molecular complexity index is 1320. The molecule has 4 aliphatic rings. The average Bonchev–Trinajstić information content (AvgIpc) is 3.50. The standard InChI is InChI=1S/C23H25F4N7O3/c1-11-8-28-20(34-9-13(29-19(11)34)10-36-23(25,26)27)30-17-4-15(32-33-17)14-2-3-16(18(14)24)37-21(35)31-22-5-12(6-22)7-22/h4,8-9,12,14,16,18H,2-3,5-7,10H2,1H3,(H,31,35)(H2,28,30,32,33)/t12?,14-,16-,18+,22?/m1/s1. The molecule has 3 aromatic rings. The summed E-state index contributed by atoms with van der Waals surface area (Å²) >= 11 is 0. The SMILES string of the molecule is Cc1cnc(Nc2cc([C@H]3CC[C@@H](OC(=O)NC45CC(C4)C5)[C@H]3F)[nH]n2)n2cc(COC(F)(F)F)nc12. The van der Waals surface area contributed by atoms with Gasteiger partial charge < -0.3 is 15.4 Å². The lowest BCUT2D eigenvalue weighted by Gasteiger charge is -2.61. The normalized spacial score (nSPS) is 28.6. The first kappa shape index (κ1) is 23.9. The van der Waals surface area contributed by atoms with Gasteiger partial charge in [-0.15, -0.1) is 13.2 Å². The van der Waals surface area contributed by atoms with Crippen LogP contribution in [-0.4, -0.2) is 54.8 Å². The molecule has 3 N–H and O–H groups in total. The van der Waals surface area contributed by atoms with Gasteiger partial charge >= 0.3 is 12.5 Å². The summed E-state index contributed by atoms with van der Waals surface area (Å²) in [6.07, 6.45) is -0.832. The fourth-order valence-corrected chi connectivity index (χ4v) is 5.56. The second-order valence-electron chi connectivity index (χ2n) is 10.2. The number of H-pyrrole nitrogens is 1. The smallest absolute Gasteiger partial charge is 0.443 e. The first-order valence-corrected chi connectivity index (χ1v) is 12.1. The number of aryl methyl sites for hydroxylation is 1. The zero-order valence-corrected chi connectivity index (χ0v) is 19.8. The van der Waals surface area contributed by atoms with Crippen LogP contribution in [0.15, 0.2) is 18.5 Å². The second kappa shape index (κ2) is 8.57. The minimum Gasteiger partial charge on any atom is -0.443 e. The summed E-state index contributed by atoms with van der Waals surface area (Å²) < 4.78 is 63.2. The van der Waals surface area contributed by atoms with E-state index in [-0.39, 0.29) is 17.2 Å². The Kier molecular flexibility index (Phi) is 5.55. The summed E-state index contributed by atoms with van der Waals surface area (Å²) in [5, 5.41) is 12.9. The summed E-state index contributed by atoms with van der Waals surface area (Å²) in [4.78, 5) is 20.7. The molecule has 4 saturated carbocycles. The molecule has 10 nitrogen and oxygen atoms in total. The molecule has 0 radical (unpaired) electrons. The van der Waals surface area contributed by atoms with Gasteiger partial charge in [0.1, 0.15) is 17.9 Å². The van der Waals surface area contributed by atoms with Crippen LogP contribution in [-0.2, 0) is 16.1 Å². The molecule has 0 unspecified atom stereocenters. The number of fused-ring (bicyclic) bond motifs is 1. The summed E-state index contributed by atoms with van der Waals surface area (Å²) in [6, 6.07) is 1.64. The van der Waals surface area contributed by atoms with Crippen molar-refractivity contribution in [3.63, 3.8) is 0 Å². The molecule has 3 aromatic heterocycles. The van der Waals surface area contributed by atoms with Crippen LogP contribution in [0.2, 0.25) is 0 Å².